The van der Waals surface area contributed by atoms with Gasteiger partial charge in [-0.05, 0) is 24.3 Å². The molecule has 0 fully saturated rings. The van der Waals surface area contributed by atoms with Crippen LogP contribution in [0, 0.1) is 0 Å². The van der Waals surface area contributed by atoms with Gasteiger partial charge >= 0.3 is 17.3 Å². The molecule has 5 nitrogen and oxygen atoms in total. The summed E-state index contributed by atoms with van der Waals surface area (Å²) in [4.78, 5) is 19.0. The van der Waals surface area contributed by atoms with Crippen molar-refractivity contribution in [3.8, 4) is 11.8 Å². The van der Waals surface area contributed by atoms with Crippen LogP contribution in [0.25, 0.3) is 11.8 Å². The molecule has 0 amide bonds. The third-order valence-electron chi connectivity index (χ3n) is 2.75. The normalized spacial score (nSPS) is 10.4. The van der Waals surface area contributed by atoms with Gasteiger partial charge in [0.25, 0.3) is 0 Å². The van der Waals surface area contributed by atoms with Crippen molar-refractivity contribution < 1.29 is 9.13 Å². The van der Waals surface area contributed by atoms with Crippen LogP contribution in [0.1, 0.15) is 0 Å². The summed E-state index contributed by atoms with van der Waals surface area (Å²) in [6.45, 7) is 0. The van der Waals surface area contributed by atoms with Crippen molar-refractivity contribution in [3.05, 3.63) is 76.6 Å². The van der Waals surface area contributed by atoms with Gasteiger partial charge in [0.05, 0.1) is 24.8 Å². The van der Waals surface area contributed by atoms with Crippen LogP contribution in [0.4, 0.5) is 0 Å². The Morgan fingerprint density at radius 3 is 2.05 bits per heavy atom. The summed E-state index contributed by atoms with van der Waals surface area (Å²) in [6.07, 6.45) is 7.16. The number of halogens is 1. The molecule has 3 aromatic heterocycles. The van der Waals surface area contributed by atoms with Crippen molar-refractivity contribution in [3.63, 3.8) is 0 Å². The highest BCUT2D eigenvalue weighted by Gasteiger charge is 2.23. The summed E-state index contributed by atoms with van der Waals surface area (Å²) in [7, 11) is 0. The first-order valence-corrected chi connectivity index (χ1v) is 6.36. The minimum Gasteiger partial charge on any atom is -0.249 e. The molecule has 3 rings (SSSR count). The summed E-state index contributed by atoms with van der Waals surface area (Å²) in [6, 6.07) is 11.2. The fourth-order valence-electron chi connectivity index (χ4n) is 1.81. The maximum atomic E-state index is 12.0. The van der Waals surface area contributed by atoms with Crippen molar-refractivity contribution in [2.75, 3.05) is 0 Å². The molecule has 0 aliphatic heterocycles. The number of nitrogens with zero attached hydrogens (tertiary/aromatic N) is 3. The van der Waals surface area contributed by atoms with Crippen LogP contribution in [0.5, 0.6) is 0 Å². The van der Waals surface area contributed by atoms with Crippen LogP contribution in [0.3, 0.4) is 0 Å². The Kier molecular flexibility index (Phi) is 3.26. The molecule has 0 spiro atoms. The van der Waals surface area contributed by atoms with Gasteiger partial charge in [-0.2, -0.15) is 4.98 Å². The third kappa shape index (κ3) is 2.31. The highest BCUT2D eigenvalue weighted by molar-refractivity contribution is 6.31. The molecule has 0 aliphatic carbocycles. The molecular weight excluding hydrogens is 276 g/mol. The minimum absolute atomic E-state index is 0.0569. The van der Waals surface area contributed by atoms with Crippen LogP contribution in [-0.2, 0) is 0 Å². The van der Waals surface area contributed by atoms with Crippen LogP contribution in [0.2, 0.25) is 5.02 Å². The van der Waals surface area contributed by atoms with E-state index >= 15 is 0 Å². The van der Waals surface area contributed by atoms with Crippen molar-refractivity contribution in [2.24, 2.45) is 0 Å². The van der Waals surface area contributed by atoms with E-state index in [0.29, 0.717) is 11.8 Å². The molecule has 0 unspecified atom stereocenters. The molecule has 0 saturated carbocycles. The van der Waals surface area contributed by atoms with E-state index in [-0.39, 0.29) is 10.6 Å². The molecule has 20 heavy (non-hydrogen) atoms. The van der Waals surface area contributed by atoms with Crippen LogP contribution < -0.4 is 14.7 Å². The van der Waals surface area contributed by atoms with Crippen molar-refractivity contribution in [2.45, 2.75) is 0 Å². The average Bonchev–Trinajstić information content (AvgIpc) is 2.51. The number of H-pyrrole nitrogens is 1. The standard InChI is InChI=1S/C14H10ClN4O/c15-11-12(18-7-3-1-4-8-18)16-14(17-13(11)20)19-9-5-2-6-10-19/h1-10H/q+1/p+1. The monoisotopic (exact) mass is 286 g/mol. The Balaban J connectivity index is 2.22. The zero-order valence-electron chi connectivity index (χ0n) is 10.4. The second-order valence-corrected chi connectivity index (χ2v) is 4.47. The molecule has 98 valence electrons. The number of aromatic amines is 1. The first-order valence-electron chi connectivity index (χ1n) is 5.99. The van der Waals surface area contributed by atoms with E-state index in [0.717, 1.165) is 0 Å². The predicted molar refractivity (Wildman–Crippen MR) is 72.9 cm³/mol. The van der Waals surface area contributed by atoms with Gasteiger partial charge in [0.15, 0.2) is 0 Å². The number of hydrogen-bond donors (Lipinski definition) is 1. The van der Waals surface area contributed by atoms with Gasteiger partial charge in [0.2, 0.25) is 5.02 Å². The highest BCUT2D eigenvalue weighted by atomic mass is 35.5. The first kappa shape index (κ1) is 12.5. The van der Waals surface area contributed by atoms with Gasteiger partial charge in [-0.1, -0.05) is 23.7 Å². The van der Waals surface area contributed by atoms with Gasteiger partial charge < -0.3 is 0 Å². The van der Waals surface area contributed by atoms with E-state index in [1.165, 1.54) is 0 Å². The molecule has 1 N–H and O–H groups in total. The Morgan fingerprint density at radius 1 is 0.900 bits per heavy atom. The van der Waals surface area contributed by atoms with E-state index in [1.807, 2.05) is 36.4 Å². The van der Waals surface area contributed by atoms with Crippen LogP contribution in [-0.4, -0.2) is 9.97 Å². The molecule has 0 saturated heterocycles. The maximum absolute atomic E-state index is 12.0. The molecule has 0 bridgehead atoms. The number of aromatic nitrogens is 4. The Morgan fingerprint density at radius 2 is 1.45 bits per heavy atom. The van der Waals surface area contributed by atoms with Crippen molar-refractivity contribution in [1.29, 1.82) is 0 Å². The molecule has 3 heterocycles. The van der Waals surface area contributed by atoms with Gasteiger partial charge in [0, 0.05) is 4.98 Å². The van der Waals surface area contributed by atoms with Gasteiger partial charge in [-0.25, -0.2) is 13.9 Å². The molecule has 0 radical (unpaired) electrons. The quantitative estimate of drug-likeness (QED) is 0.714. The smallest absolute Gasteiger partial charge is 0.249 e. The van der Waals surface area contributed by atoms with Crippen molar-refractivity contribution in [1.82, 2.24) is 9.97 Å². The first-order chi connectivity index (χ1) is 9.75. The van der Waals surface area contributed by atoms with Crippen molar-refractivity contribution >= 4 is 11.6 Å². The van der Waals surface area contributed by atoms with Crippen LogP contribution in [0.15, 0.2) is 66.0 Å². The number of hydrogen-bond acceptors (Lipinski definition) is 2. The second kappa shape index (κ2) is 5.22. The molecule has 0 atom stereocenters. The molecular formula is C14H11ClN4O+2. The van der Waals surface area contributed by atoms with E-state index in [2.05, 4.69) is 9.97 Å². The summed E-state index contributed by atoms with van der Waals surface area (Å²) in [5.41, 5.74) is -0.376. The van der Waals surface area contributed by atoms with Gasteiger partial charge in [-0.15, -0.1) is 0 Å². The SMILES string of the molecule is O=c1[nH]c(-[n+]2ccccc2)nc(-[n+]2ccccc2)c1Cl. The number of rotatable bonds is 2. The minimum atomic E-state index is -0.376. The summed E-state index contributed by atoms with van der Waals surface area (Å²) < 4.78 is 3.41. The van der Waals surface area contributed by atoms with Gasteiger partial charge in [0.1, 0.15) is 0 Å². The van der Waals surface area contributed by atoms with E-state index in [1.54, 1.807) is 33.9 Å². The summed E-state index contributed by atoms with van der Waals surface area (Å²) in [5.74, 6) is 0.800. The molecule has 6 heteroatoms. The second-order valence-electron chi connectivity index (χ2n) is 4.09. The molecule has 0 aliphatic rings. The Labute approximate surface area is 119 Å². The third-order valence-corrected chi connectivity index (χ3v) is 3.09. The number of nitrogens with one attached hydrogen (secondary N) is 1. The Bertz CT molecular complexity index is 787. The fraction of sp³-hybridized carbons (Fsp3) is 0. The largest absolute Gasteiger partial charge is 0.443 e. The summed E-state index contributed by atoms with van der Waals surface area (Å²) in [5, 5.41) is 0.0569. The zero-order valence-corrected chi connectivity index (χ0v) is 11.2. The lowest BCUT2D eigenvalue weighted by atomic mass is 10.4. The predicted octanol–water partition coefficient (Wildman–Crippen LogP) is 0.977. The molecule has 0 aromatic carbocycles. The zero-order chi connectivity index (χ0) is 13.9. The van der Waals surface area contributed by atoms with E-state index in [4.69, 9.17) is 11.6 Å². The van der Waals surface area contributed by atoms with Gasteiger partial charge in [-0.3, -0.25) is 0 Å². The Hall–Kier alpha value is -2.53. The number of pyridine rings is 2. The summed E-state index contributed by atoms with van der Waals surface area (Å²) >= 11 is 6.05. The van der Waals surface area contributed by atoms with E-state index < -0.39 is 0 Å². The lowest BCUT2D eigenvalue weighted by Crippen LogP contribution is -2.39. The van der Waals surface area contributed by atoms with E-state index in [9.17, 15) is 4.79 Å². The lowest BCUT2D eigenvalue weighted by Gasteiger charge is -1.98. The highest BCUT2D eigenvalue weighted by Crippen LogP contribution is 2.06. The maximum Gasteiger partial charge on any atom is 0.443 e. The fourth-order valence-corrected chi connectivity index (χ4v) is 2.00. The average molecular weight is 287 g/mol. The topological polar surface area (TPSA) is 53.5 Å². The molecule has 3 aromatic rings. The lowest BCUT2D eigenvalue weighted by molar-refractivity contribution is -0.614. The van der Waals surface area contributed by atoms with Crippen LogP contribution >= 0.6 is 11.6 Å².